The van der Waals surface area contributed by atoms with Crippen molar-refractivity contribution in [2.45, 2.75) is 5.16 Å². The number of aromatic nitrogens is 3. The minimum absolute atomic E-state index is 0.116. The molecule has 5 nitrogen and oxygen atoms in total. The van der Waals surface area contributed by atoms with Gasteiger partial charge in [-0.2, -0.15) is 9.78 Å². The van der Waals surface area contributed by atoms with Crippen LogP contribution in [0.2, 0.25) is 0 Å². The van der Waals surface area contributed by atoms with Crippen molar-refractivity contribution in [2.24, 2.45) is 5.10 Å². The number of nitrogens with one attached hydrogen (secondary N) is 1. The Hall–Kier alpha value is -3.16. The highest BCUT2D eigenvalue weighted by Crippen LogP contribution is 2.33. The van der Waals surface area contributed by atoms with E-state index in [9.17, 15) is 4.79 Å². The minimum atomic E-state index is -0.116. The second-order valence-electron chi connectivity index (χ2n) is 6.79. The third-order valence-electron chi connectivity index (χ3n) is 5.10. The highest BCUT2D eigenvalue weighted by molar-refractivity contribution is 7.99. The molecule has 0 spiro atoms. The molecule has 0 saturated heterocycles. The summed E-state index contributed by atoms with van der Waals surface area (Å²) in [4.78, 5) is 22.2. The summed E-state index contributed by atoms with van der Waals surface area (Å²) in [7, 11) is 0. The van der Waals surface area contributed by atoms with Gasteiger partial charge >= 0.3 is 0 Å². The van der Waals surface area contributed by atoms with E-state index in [1.165, 1.54) is 16.0 Å². The van der Waals surface area contributed by atoms with E-state index in [2.05, 4.69) is 11.1 Å². The van der Waals surface area contributed by atoms with E-state index < -0.39 is 0 Å². The molecule has 0 saturated carbocycles. The number of H-pyrrole nitrogens is 1. The van der Waals surface area contributed by atoms with Crippen molar-refractivity contribution in [3.63, 3.8) is 0 Å². The molecule has 29 heavy (non-hydrogen) atoms. The van der Waals surface area contributed by atoms with Gasteiger partial charge in [0.25, 0.3) is 5.56 Å². The molecular formula is C22H14N4OS2. The topological polar surface area (TPSA) is 63.0 Å². The van der Waals surface area contributed by atoms with Gasteiger partial charge in [0.2, 0.25) is 0 Å². The first kappa shape index (κ1) is 16.8. The van der Waals surface area contributed by atoms with E-state index in [0.29, 0.717) is 16.3 Å². The first-order chi connectivity index (χ1) is 14.3. The number of thiophene rings is 1. The zero-order chi connectivity index (χ0) is 19.4. The molecule has 6 rings (SSSR count). The maximum atomic E-state index is 13.4. The van der Waals surface area contributed by atoms with E-state index in [1.807, 2.05) is 60.1 Å². The highest BCUT2D eigenvalue weighted by Gasteiger charge is 2.22. The first-order valence-corrected chi connectivity index (χ1v) is 11.0. The number of aromatic amines is 1. The summed E-state index contributed by atoms with van der Waals surface area (Å²) in [6, 6.07) is 18.1. The fourth-order valence-electron chi connectivity index (χ4n) is 3.70. The molecule has 5 aromatic rings. The predicted molar refractivity (Wildman–Crippen MR) is 120 cm³/mol. The van der Waals surface area contributed by atoms with Gasteiger partial charge in [-0.25, -0.2) is 4.98 Å². The van der Waals surface area contributed by atoms with E-state index >= 15 is 0 Å². The van der Waals surface area contributed by atoms with Gasteiger partial charge in [0.05, 0.1) is 11.1 Å². The van der Waals surface area contributed by atoms with E-state index in [-0.39, 0.29) is 5.56 Å². The van der Waals surface area contributed by atoms with Crippen LogP contribution in [0.15, 0.2) is 81.2 Å². The summed E-state index contributed by atoms with van der Waals surface area (Å²) in [6.45, 7) is 0. The number of hydrogen-bond acceptors (Lipinski definition) is 5. The lowest BCUT2D eigenvalue weighted by Gasteiger charge is -2.15. The molecule has 7 heteroatoms. The van der Waals surface area contributed by atoms with Crippen LogP contribution >= 0.6 is 23.1 Å². The summed E-state index contributed by atoms with van der Waals surface area (Å²) >= 11 is 3.06. The van der Waals surface area contributed by atoms with Crippen molar-refractivity contribution in [2.75, 3.05) is 5.75 Å². The maximum absolute atomic E-state index is 13.4. The number of rotatable bonds is 2. The Kier molecular flexibility index (Phi) is 3.72. The Morgan fingerprint density at radius 2 is 1.83 bits per heavy atom. The fourth-order valence-corrected chi connectivity index (χ4v) is 5.58. The molecule has 1 aliphatic rings. The number of thioether (sulfide) groups is 1. The molecular weight excluding hydrogens is 400 g/mol. The smallest absolute Gasteiger partial charge is 0.284 e. The van der Waals surface area contributed by atoms with Crippen LogP contribution < -0.4 is 5.56 Å². The van der Waals surface area contributed by atoms with Crippen molar-refractivity contribution in [1.29, 1.82) is 0 Å². The number of hydrogen-bond donors (Lipinski definition) is 1. The van der Waals surface area contributed by atoms with Gasteiger partial charge in [0.15, 0.2) is 5.16 Å². The monoisotopic (exact) mass is 414 g/mol. The van der Waals surface area contributed by atoms with Crippen molar-refractivity contribution >= 4 is 49.9 Å². The Bertz CT molecular complexity index is 1480. The van der Waals surface area contributed by atoms with Crippen molar-refractivity contribution in [3.05, 3.63) is 82.1 Å². The van der Waals surface area contributed by atoms with E-state index in [1.54, 1.807) is 11.8 Å². The molecule has 4 heterocycles. The second kappa shape index (κ2) is 6.43. The quantitative estimate of drug-likeness (QED) is 0.415. The lowest BCUT2D eigenvalue weighted by atomic mass is 10.1. The summed E-state index contributed by atoms with van der Waals surface area (Å²) in [5, 5.41) is 9.12. The number of fused-ring (bicyclic) bond motifs is 3. The molecule has 0 aliphatic carbocycles. The molecule has 1 aliphatic heterocycles. The second-order valence-corrected chi connectivity index (χ2v) is 8.59. The number of benzene rings is 2. The van der Waals surface area contributed by atoms with Crippen LogP contribution in [-0.4, -0.2) is 26.1 Å². The molecule has 1 N–H and O–H groups in total. The SMILES string of the molecule is O=c1c2c(-c3ccccc3)csc2nc2n1N=C(c1c[nH]c3ccccc13)CS2. The molecule has 140 valence electrons. The van der Waals surface area contributed by atoms with Crippen molar-refractivity contribution in [3.8, 4) is 11.1 Å². The fraction of sp³-hybridized carbons (Fsp3) is 0.0455. The summed E-state index contributed by atoms with van der Waals surface area (Å²) in [6.07, 6.45) is 1.96. The molecule has 3 aromatic heterocycles. The normalized spacial score (nSPS) is 13.6. The van der Waals surface area contributed by atoms with Crippen molar-refractivity contribution < 1.29 is 0 Å². The van der Waals surface area contributed by atoms with Crippen LogP contribution in [0, 0.1) is 0 Å². The van der Waals surface area contributed by atoms with Gasteiger partial charge in [0, 0.05) is 39.4 Å². The molecule has 0 radical (unpaired) electrons. The highest BCUT2D eigenvalue weighted by atomic mass is 32.2. The lowest BCUT2D eigenvalue weighted by molar-refractivity contribution is 0.700. The van der Waals surface area contributed by atoms with Crippen LogP contribution in [0.3, 0.4) is 0 Å². The van der Waals surface area contributed by atoms with Crippen LogP contribution in [-0.2, 0) is 0 Å². The van der Waals surface area contributed by atoms with Crippen molar-refractivity contribution in [1.82, 2.24) is 14.6 Å². The zero-order valence-electron chi connectivity index (χ0n) is 15.1. The maximum Gasteiger partial charge on any atom is 0.284 e. The Morgan fingerprint density at radius 3 is 2.72 bits per heavy atom. The van der Waals surface area contributed by atoms with Gasteiger partial charge in [-0.1, -0.05) is 60.3 Å². The molecule has 0 fully saturated rings. The van der Waals surface area contributed by atoms with E-state index in [4.69, 9.17) is 10.1 Å². The molecule has 0 bridgehead atoms. The lowest BCUT2D eigenvalue weighted by Crippen LogP contribution is -2.25. The summed E-state index contributed by atoms with van der Waals surface area (Å²) in [5.41, 5.74) is 4.78. The first-order valence-electron chi connectivity index (χ1n) is 9.16. The predicted octanol–water partition coefficient (Wildman–Crippen LogP) is 4.96. The standard InChI is InChI=1S/C22H14N4OS2/c27-21-19-16(13-6-2-1-3-7-13)11-28-20(19)24-22-26(21)25-18(12-29-22)15-10-23-17-9-5-4-8-14(15)17/h1-11,23H,12H2. The Balaban J connectivity index is 1.57. The Morgan fingerprint density at radius 1 is 1.00 bits per heavy atom. The molecule has 0 atom stereocenters. The zero-order valence-corrected chi connectivity index (χ0v) is 16.8. The van der Waals surface area contributed by atoms with Crippen LogP contribution in [0.25, 0.3) is 32.2 Å². The van der Waals surface area contributed by atoms with Crippen LogP contribution in [0.5, 0.6) is 0 Å². The third-order valence-corrected chi connectivity index (χ3v) is 6.91. The largest absolute Gasteiger partial charge is 0.360 e. The van der Waals surface area contributed by atoms with Crippen LogP contribution in [0.1, 0.15) is 5.56 Å². The van der Waals surface area contributed by atoms with Gasteiger partial charge in [-0.05, 0) is 11.6 Å². The summed E-state index contributed by atoms with van der Waals surface area (Å²) < 4.78 is 1.47. The third kappa shape index (κ3) is 2.58. The minimum Gasteiger partial charge on any atom is -0.360 e. The number of nitrogens with zero attached hydrogens (tertiary/aromatic N) is 3. The van der Waals surface area contributed by atoms with Crippen LogP contribution in [0.4, 0.5) is 0 Å². The average molecular weight is 415 g/mol. The van der Waals surface area contributed by atoms with Gasteiger partial charge in [0.1, 0.15) is 4.83 Å². The molecule has 0 amide bonds. The summed E-state index contributed by atoms with van der Waals surface area (Å²) in [5.74, 6) is 0.677. The molecule has 2 aromatic carbocycles. The van der Waals surface area contributed by atoms with E-state index in [0.717, 1.165) is 38.1 Å². The molecule has 0 unspecified atom stereocenters. The average Bonchev–Trinajstić information content (AvgIpc) is 3.39. The van der Waals surface area contributed by atoms with Gasteiger partial charge < -0.3 is 4.98 Å². The van der Waals surface area contributed by atoms with Gasteiger partial charge in [-0.15, -0.1) is 11.3 Å². The van der Waals surface area contributed by atoms with Gasteiger partial charge in [-0.3, -0.25) is 4.79 Å². The number of para-hydroxylation sites is 1. The Labute approximate surface area is 173 Å².